The molecule has 3 heterocycles. The molecule has 8 heteroatoms. The summed E-state index contributed by atoms with van der Waals surface area (Å²) < 4.78 is 11.0. The first-order valence-corrected chi connectivity index (χ1v) is 9.56. The fourth-order valence-corrected chi connectivity index (χ4v) is 3.69. The molecule has 0 fully saturated rings. The highest BCUT2D eigenvalue weighted by molar-refractivity contribution is 7.13. The lowest BCUT2D eigenvalue weighted by molar-refractivity contribution is 0.0274. The summed E-state index contributed by atoms with van der Waals surface area (Å²) in [5.74, 6) is 0.144. The van der Waals surface area contributed by atoms with Crippen LogP contribution in [-0.2, 0) is 4.74 Å². The third-order valence-electron chi connectivity index (χ3n) is 3.54. The summed E-state index contributed by atoms with van der Waals surface area (Å²) in [6.45, 7) is 1.69. The van der Waals surface area contributed by atoms with Gasteiger partial charge in [-0.05, 0) is 18.4 Å². The van der Waals surface area contributed by atoms with Gasteiger partial charge in [-0.15, -0.1) is 32.9 Å². The van der Waals surface area contributed by atoms with Crippen molar-refractivity contribution in [2.75, 3.05) is 0 Å². The second-order valence-electron chi connectivity index (χ2n) is 5.37. The van der Waals surface area contributed by atoms with Gasteiger partial charge in [-0.1, -0.05) is 36.4 Å². The van der Waals surface area contributed by atoms with Crippen LogP contribution in [0.1, 0.15) is 29.4 Å². The molecule has 1 aromatic carbocycles. The average Bonchev–Trinajstić information content (AvgIpc) is 3.43. The number of thiophene rings is 1. The summed E-state index contributed by atoms with van der Waals surface area (Å²) in [4.78, 5) is 17.6. The molecule has 0 aliphatic heterocycles. The van der Waals surface area contributed by atoms with E-state index < -0.39 is 12.1 Å². The van der Waals surface area contributed by atoms with Crippen LogP contribution in [0.15, 0.2) is 57.6 Å². The number of nitrogens with zero attached hydrogens (tertiary/aromatic N) is 3. The van der Waals surface area contributed by atoms with E-state index in [2.05, 4.69) is 15.2 Å². The largest absolute Gasteiger partial charge is 0.448 e. The Hall–Kier alpha value is -2.84. The maximum absolute atomic E-state index is 12.3. The van der Waals surface area contributed by atoms with E-state index in [1.54, 1.807) is 12.3 Å². The Morgan fingerprint density at radius 3 is 2.73 bits per heavy atom. The van der Waals surface area contributed by atoms with Gasteiger partial charge in [0.2, 0.25) is 0 Å². The van der Waals surface area contributed by atoms with Crippen molar-refractivity contribution in [2.45, 2.75) is 13.0 Å². The number of carbonyl (C=O) groups excluding carboxylic acids is 1. The molecule has 0 bridgehead atoms. The van der Waals surface area contributed by atoms with Gasteiger partial charge in [-0.3, -0.25) is 0 Å². The fourth-order valence-electron chi connectivity index (χ4n) is 2.25. The Morgan fingerprint density at radius 1 is 1.12 bits per heavy atom. The van der Waals surface area contributed by atoms with Crippen LogP contribution in [0.4, 0.5) is 0 Å². The Bertz CT molecular complexity index is 1010. The van der Waals surface area contributed by atoms with Gasteiger partial charge in [0.05, 0.1) is 4.88 Å². The second-order valence-corrected chi connectivity index (χ2v) is 7.18. The molecule has 4 rings (SSSR count). The first-order valence-electron chi connectivity index (χ1n) is 7.80. The molecule has 0 amide bonds. The van der Waals surface area contributed by atoms with Crippen LogP contribution in [-0.4, -0.2) is 21.2 Å². The third-order valence-corrected chi connectivity index (χ3v) is 5.29. The lowest BCUT2D eigenvalue weighted by atomic mass is 10.2. The van der Waals surface area contributed by atoms with Crippen molar-refractivity contribution in [1.29, 1.82) is 0 Å². The maximum Gasteiger partial charge on any atom is 0.358 e. The summed E-state index contributed by atoms with van der Waals surface area (Å²) in [5.41, 5.74) is 1.22. The number of thiazole rings is 1. The van der Waals surface area contributed by atoms with Crippen LogP contribution in [0.3, 0.4) is 0 Å². The molecule has 26 heavy (non-hydrogen) atoms. The van der Waals surface area contributed by atoms with Gasteiger partial charge in [-0.25, -0.2) is 9.78 Å². The zero-order chi connectivity index (χ0) is 17.9. The predicted molar refractivity (Wildman–Crippen MR) is 99.0 cm³/mol. The summed E-state index contributed by atoms with van der Waals surface area (Å²) in [7, 11) is 0. The fraction of sp³-hybridized carbons (Fsp3) is 0.111. The average molecular weight is 383 g/mol. The number of hydrogen-bond donors (Lipinski definition) is 0. The summed E-state index contributed by atoms with van der Waals surface area (Å²) in [5, 5.41) is 12.3. The maximum atomic E-state index is 12.3. The van der Waals surface area contributed by atoms with E-state index in [-0.39, 0.29) is 11.6 Å². The number of ether oxygens (including phenoxy) is 1. The molecule has 0 saturated carbocycles. The summed E-state index contributed by atoms with van der Waals surface area (Å²) in [6, 6.07) is 13.5. The molecule has 0 radical (unpaired) electrons. The Morgan fingerprint density at radius 2 is 1.96 bits per heavy atom. The van der Waals surface area contributed by atoms with Crippen LogP contribution < -0.4 is 0 Å². The van der Waals surface area contributed by atoms with Gasteiger partial charge in [0, 0.05) is 10.9 Å². The topological polar surface area (TPSA) is 78.1 Å². The lowest BCUT2D eigenvalue weighted by Crippen LogP contribution is -2.10. The van der Waals surface area contributed by atoms with E-state index in [0.29, 0.717) is 5.89 Å². The normalized spacial score (nSPS) is 12.0. The Balaban J connectivity index is 1.46. The Labute approximate surface area is 157 Å². The lowest BCUT2D eigenvalue weighted by Gasteiger charge is -2.07. The first kappa shape index (κ1) is 16.6. The minimum atomic E-state index is -0.661. The molecular formula is C18H13N3O3S2. The van der Waals surface area contributed by atoms with Crippen molar-refractivity contribution in [3.63, 3.8) is 0 Å². The molecule has 130 valence electrons. The van der Waals surface area contributed by atoms with Gasteiger partial charge < -0.3 is 9.15 Å². The van der Waals surface area contributed by atoms with Crippen molar-refractivity contribution < 1.29 is 13.9 Å². The quantitative estimate of drug-likeness (QED) is 0.459. The number of esters is 1. The molecule has 0 saturated heterocycles. The molecule has 0 spiro atoms. The van der Waals surface area contributed by atoms with E-state index in [9.17, 15) is 4.79 Å². The van der Waals surface area contributed by atoms with E-state index in [1.165, 1.54) is 22.7 Å². The Kier molecular flexibility index (Phi) is 4.59. The highest BCUT2D eigenvalue weighted by Crippen LogP contribution is 2.27. The van der Waals surface area contributed by atoms with Gasteiger partial charge in [-0.2, -0.15) is 0 Å². The van der Waals surface area contributed by atoms with Crippen LogP contribution in [0, 0.1) is 0 Å². The van der Waals surface area contributed by atoms with E-state index in [0.717, 1.165) is 15.4 Å². The van der Waals surface area contributed by atoms with Crippen LogP contribution in [0.5, 0.6) is 0 Å². The van der Waals surface area contributed by atoms with Crippen molar-refractivity contribution in [3.8, 4) is 21.3 Å². The molecule has 3 aromatic heterocycles. The van der Waals surface area contributed by atoms with Crippen molar-refractivity contribution in [3.05, 3.63) is 64.8 Å². The molecule has 1 unspecified atom stereocenters. The van der Waals surface area contributed by atoms with Gasteiger partial charge in [0.15, 0.2) is 11.8 Å². The molecule has 0 N–H and O–H groups in total. The highest BCUT2D eigenvalue weighted by Gasteiger charge is 2.22. The number of rotatable bonds is 5. The second kappa shape index (κ2) is 7.19. The zero-order valence-electron chi connectivity index (χ0n) is 13.7. The molecular weight excluding hydrogens is 370 g/mol. The number of benzene rings is 1. The molecule has 1 atom stereocenters. The smallest absolute Gasteiger partial charge is 0.358 e. The monoisotopic (exact) mass is 383 g/mol. The summed E-state index contributed by atoms with van der Waals surface area (Å²) in [6.07, 6.45) is -0.661. The van der Waals surface area contributed by atoms with Crippen molar-refractivity contribution in [1.82, 2.24) is 15.2 Å². The first-order chi connectivity index (χ1) is 12.7. The van der Waals surface area contributed by atoms with E-state index >= 15 is 0 Å². The van der Waals surface area contributed by atoms with Gasteiger partial charge in [0.25, 0.3) is 11.8 Å². The SMILES string of the molecule is CC(OC(=O)c1csc(-c2ccccc2)n1)c1nnc(-c2cccs2)o1. The number of hydrogen-bond acceptors (Lipinski definition) is 8. The zero-order valence-corrected chi connectivity index (χ0v) is 15.3. The molecule has 0 aliphatic rings. The van der Waals surface area contributed by atoms with Crippen LogP contribution in [0.2, 0.25) is 0 Å². The van der Waals surface area contributed by atoms with Crippen LogP contribution in [0.25, 0.3) is 21.3 Å². The number of aromatic nitrogens is 3. The molecule has 0 aliphatic carbocycles. The van der Waals surface area contributed by atoms with E-state index in [1.807, 2.05) is 47.8 Å². The minimum absolute atomic E-state index is 0.250. The third kappa shape index (κ3) is 3.42. The van der Waals surface area contributed by atoms with Crippen LogP contribution >= 0.6 is 22.7 Å². The molecule has 6 nitrogen and oxygen atoms in total. The summed E-state index contributed by atoms with van der Waals surface area (Å²) >= 11 is 2.89. The molecule has 4 aromatic rings. The van der Waals surface area contributed by atoms with Crippen molar-refractivity contribution >= 4 is 28.6 Å². The predicted octanol–water partition coefficient (Wildman–Crippen LogP) is 4.84. The minimum Gasteiger partial charge on any atom is -0.448 e. The van der Waals surface area contributed by atoms with Gasteiger partial charge >= 0.3 is 5.97 Å². The van der Waals surface area contributed by atoms with E-state index in [4.69, 9.17) is 9.15 Å². The van der Waals surface area contributed by atoms with Gasteiger partial charge in [0.1, 0.15) is 5.01 Å². The standard InChI is InChI=1S/C18H13N3O3S2/c1-11(15-20-21-16(24-15)14-8-5-9-25-14)23-18(22)13-10-26-17(19-13)12-6-3-2-4-7-12/h2-11H,1H3. The number of carbonyl (C=O) groups is 1. The van der Waals surface area contributed by atoms with Crippen molar-refractivity contribution in [2.24, 2.45) is 0 Å². The highest BCUT2D eigenvalue weighted by atomic mass is 32.1.